The van der Waals surface area contributed by atoms with Crippen molar-refractivity contribution < 1.29 is 18.5 Å². The molecule has 5 nitrogen and oxygen atoms in total. The third-order valence-electron chi connectivity index (χ3n) is 1.85. The molecular weight excluding hydrogens is 246 g/mol. The second-order valence-electron chi connectivity index (χ2n) is 2.88. The molecule has 0 spiro atoms. The van der Waals surface area contributed by atoms with E-state index >= 15 is 0 Å². The number of nitro groups is 1. The second-order valence-corrected chi connectivity index (χ2v) is 3.22. The van der Waals surface area contributed by atoms with Crippen LogP contribution >= 0.6 is 11.6 Å². The minimum Gasteiger partial charge on any atom is -0.275 e. The Kier molecular flexibility index (Phi) is 3.48. The largest absolute Gasteiger partial charge is 0.288 e. The number of carbonyl (C=O) groups is 1. The van der Waals surface area contributed by atoms with Gasteiger partial charge in [-0.05, 0) is 18.5 Å². The van der Waals surface area contributed by atoms with Gasteiger partial charge in [0, 0.05) is 11.8 Å². The normalized spacial score (nSPS) is 10.6. The van der Waals surface area contributed by atoms with Crippen molar-refractivity contribution in [2.75, 3.05) is 0 Å². The fourth-order valence-corrected chi connectivity index (χ4v) is 1.39. The molecule has 1 aromatic rings. The number of rotatable bonds is 3. The molecule has 0 saturated heterocycles. The summed E-state index contributed by atoms with van der Waals surface area (Å²) in [5, 5.41) is 9.32. The Bertz CT molecular complexity index is 465. The first-order chi connectivity index (χ1) is 7.36. The van der Waals surface area contributed by atoms with Crippen molar-refractivity contribution in [1.82, 2.24) is 4.98 Å². The minimum atomic E-state index is -3.10. The molecule has 1 aromatic heterocycles. The van der Waals surface area contributed by atoms with Gasteiger partial charge in [-0.2, -0.15) is 0 Å². The Labute approximate surface area is 93.2 Å². The van der Waals surface area contributed by atoms with E-state index in [1.807, 2.05) is 0 Å². The zero-order chi connectivity index (χ0) is 12.5. The summed E-state index contributed by atoms with van der Waals surface area (Å²) >= 11 is 5.06. The lowest BCUT2D eigenvalue weighted by atomic mass is 10.1. The van der Waals surface area contributed by atoms with E-state index in [0.29, 0.717) is 0 Å². The van der Waals surface area contributed by atoms with Crippen LogP contribution < -0.4 is 0 Å². The Balaban J connectivity index is 3.63. The van der Waals surface area contributed by atoms with Crippen molar-refractivity contribution in [3.05, 3.63) is 33.1 Å². The zero-order valence-corrected chi connectivity index (χ0v) is 8.66. The molecule has 1 rings (SSSR count). The molecule has 86 valence electrons. The summed E-state index contributed by atoms with van der Waals surface area (Å²) in [7, 11) is 0. The Hall–Kier alpha value is -1.63. The Morgan fingerprint density at radius 2 is 2.19 bits per heavy atom. The van der Waals surface area contributed by atoms with Crippen molar-refractivity contribution in [1.29, 1.82) is 0 Å². The van der Waals surface area contributed by atoms with E-state index in [0.717, 1.165) is 6.20 Å². The van der Waals surface area contributed by atoms with Gasteiger partial charge in [0.2, 0.25) is 0 Å². The lowest BCUT2D eigenvalue weighted by molar-refractivity contribution is -0.385. The monoisotopic (exact) mass is 250 g/mol. The van der Waals surface area contributed by atoms with E-state index < -0.39 is 33.5 Å². The zero-order valence-electron chi connectivity index (χ0n) is 7.91. The molecule has 0 fully saturated rings. The highest BCUT2D eigenvalue weighted by atomic mass is 35.5. The number of aryl methyl sites for hydroxylation is 1. The van der Waals surface area contributed by atoms with Crippen molar-refractivity contribution >= 4 is 22.5 Å². The highest BCUT2D eigenvalue weighted by Crippen LogP contribution is 2.31. The Morgan fingerprint density at radius 1 is 1.62 bits per heavy atom. The average Bonchev–Trinajstić information content (AvgIpc) is 2.15. The summed E-state index contributed by atoms with van der Waals surface area (Å²) in [5.74, 6) is 0. The van der Waals surface area contributed by atoms with E-state index in [1.54, 1.807) is 0 Å². The van der Waals surface area contributed by atoms with Crippen molar-refractivity contribution in [3.8, 4) is 0 Å². The summed E-state index contributed by atoms with van der Waals surface area (Å²) in [6, 6.07) is 0. The highest BCUT2D eigenvalue weighted by Gasteiger charge is 2.30. The van der Waals surface area contributed by atoms with Crippen LogP contribution in [0.15, 0.2) is 6.20 Å². The number of hydrogen-bond donors (Lipinski definition) is 0. The minimum absolute atomic E-state index is 0.00148. The maximum absolute atomic E-state index is 12.5. The molecule has 0 amide bonds. The fraction of sp³-hybridized carbons (Fsp3) is 0.250. The predicted octanol–water partition coefficient (Wildman–Crippen LogP) is 2.61. The van der Waals surface area contributed by atoms with Crippen LogP contribution in [0.4, 0.5) is 14.5 Å². The molecule has 0 aliphatic heterocycles. The highest BCUT2D eigenvalue weighted by molar-refractivity contribution is 6.68. The quantitative estimate of drug-likeness (QED) is 0.469. The summed E-state index contributed by atoms with van der Waals surface area (Å²) < 4.78 is 24.9. The summed E-state index contributed by atoms with van der Waals surface area (Å²) in [6.45, 7) is 1.28. The van der Waals surface area contributed by atoms with Crippen LogP contribution in [0.25, 0.3) is 0 Å². The van der Waals surface area contributed by atoms with Gasteiger partial charge in [-0.15, -0.1) is 0 Å². The molecule has 1 heterocycles. The number of carbonyl (C=O) groups excluding carboxylic acids is 1. The first-order valence-corrected chi connectivity index (χ1v) is 4.36. The molecule has 16 heavy (non-hydrogen) atoms. The van der Waals surface area contributed by atoms with Crippen LogP contribution in [-0.2, 0) is 0 Å². The standard InChI is InChI=1S/C8H5ClF2N2O3/c1-3-2-12-5(8(10)11)4(7(9)14)6(3)13(15)16/h2,8H,1H3. The van der Waals surface area contributed by atoms with Crippen molar-refractivity contribution in [2.45, 2.75) is 13.3 Å². The van der Waals surface area contributed by atoms with E-state index in [2.05, 4.69) is 4.98 Å². The van der Waals surface area contributed by atoms with Crippen molar-refractivity contribution in [2.24, 2.45) is 0 Å². The van der Waals surface area contributed by atoms with Crippen LogP contribution in [0.2, 0.25) is 0 Å². The van der Waals surface area contributed by atoms with E-state index in [9.17, 15) is 23.7 Å². The molecule has 0 aliphatic carbocycles. The molecule has 0 aromatic carbocycles. The van der Waals surface area contributed by atoms with Gasteiger partial charge < -0.3 is 0 Å². The molecule has 0 N–H and O–H groups in total. The van der Waals surface area contributed by atoms with Gasteiger partial charge in [-0.25, -0.2) is 8.78 Å². The Morgan fingerprint density at radius 3 is 2.56 bits per heavy atom. The van der Waals surface area contributed by atoms with Gasteiger partial charge in [-0.1, -0.05) is 0 Å². The van der Waals surface area contributed by atoms with E-state index in [4.69, 9.17) is 11.6 Å². The van der Waals surface area contributed by atoms with Crippen molar-refractivity contribution in [3.63, 3.8) is 0 Å². The fourth-order valence-electron chi connectivity index (χ4n) is 1.21. The number of alkyl halides is 2. The number of hydrogen-bond acceptors (Lipinski definition) is 4. The second kappa shape index (κ2) is 4.48. The average molecular weight is 251 g/mol. The molecule has 0 saturated carbocycles. The molecule has 0 unspecified atom stereocenters. The van der Waals surface area contributed by atoms with Crippen LogP contribution in [0.3, 0.4) is 0 Å². The molecule has 8 heteroatoms. The maximum Gasteiger partial charge on any atom is 0.288 e. The van der Waals surface area contributed by atoms with Crippen LogP contribution in [0, 0.1) is 17.0 Å². The lowest BCUT2D eigenvalue weighted by Gasteiger charge is -2.06. The molecule has 0 radical (unpaired) electrons. The molecule has 0 atom stereocenters. The SMILES string of the molecule is Cc1cnc(C(F)F)c(C(=O)Cl)c1[N+](=O)[O-]. The number of pyridine rings is 1. The van der Waals surface area contributed by atoms with Gasteiger partial charge in [0.25, 0.3) is 17.4 Å². The van der Waals surface area contributed by atoms with Gasteiger partial charge in [-0.3, -0.25) is 19.9 Å². The number of aromatic nitrogens is 1. The molecular formula is C8H5ClF2N2O3. The van der Waals surface area contributed by atoms with Gasteiger partial charge in [0.05, 0.1) is 4.92 Å². The topological polar surface area (TPSA) is 73.1 Å². The number of halogens is 3. The van der Waals surface area contributed by atoms with Gasteiger partial charge in [0.15, 0.2) is 0 Å². The lowest BCUT2D eigenvalue weighted by Crippen LogP contribution is -2.08. The van der Waals surface area contributed by atoms with Crippen LogP contribution in [0.5, 0.6) is 0 Å². The van der Waals surface area contributed by atoms with Gasteiger partial charge in [0.1, 0.15) is 11.3 Å². The van der Waals surface area contributed by atoms with Crippen LogP contribution in [0.1, 0.15) is 28.0 Å². The summed E-state index contributed by atoms with van der Waals surface area (Å²) in [4.78, 5) is 23.9. The van der Waals surface area contributed by atoms with E-state index in [1.165, 1.54) is 6.92 Å². The predicted molar refractivity (Wildman–Crippen MR) is 50.8 cm³/mol. The number of nitrogens with zero attached hydrogens (tertiary/aromatic N) is 2. The third kappa shape index (κ3) is 2.13. The molecule has 0 bridgehead atoms. The first kappa shape index (κ1) is 12.4. The third-order valence-corrected chi connectivity index (χ3v) is 2.04. The first-order valence-electron chi connectivity index (χ1n) is 3.98. The maximum atomic E-state index is 12.5. The van der Waals surface area contributed by atoms with Crippen LogP contribution in [-0.4, -0.2) is 15.1 Å². The van der Waals surface area contributed by atoms with Gasteiger partial charge >= 0.3 is 0 Å². The van der Waals surface area contributed by atoms with E-state index in [-0.39, 0.29) is 5.56 Å². The summed E-state index contributed by atoms with van der Waals surface area (Å²) in [5.41, 5.74) is -2.55. The summed E-state index contributed by atoms with van der Waals surface area (Å²) in [6.07, 6.45) is -2.19. The molecule has 0 aliphatic rings. The smallest absolute Gasteiger partial charge is 0.275 e.